The second-order valence-corrected chi connectivity index (χ2v) is 12.2. The van der Waals surface area contributed by atoms with E-state index in [2.05, 4.69) is 0 Å². The van der Waals surface area contributed by atoms with Crippen molar-refractivity contribution in [3.8, 4) is 0 Å². The van der Waals surface area contributed by atoms with E-state index in [1.54, 1.807) is 24.3 Å². The zero-order valence-corrected chi connectivity index (χ0v) is 19.6. The highest BCUT2D eigenvalue weighted by Crippen LogP contribution is 2.28. The molecular weight excluding hydrogens is 472 g/mol. The van der Waals surface area contributed by atoms with E-state index < -0.39 is 31.8 Å². The molecule has 2 aliphatic rings. The number of anilines is 1. The third-order valence-corrected chi connectivity index (χ3v) is 9.13. The lowest BCUT2D eigenvalue weighted by Gasteiger charge is -2.28. The van der Waals surface area contributed by atoms with Crippen LogP contribution in [0.15, 0.2) is 64.9 Å². The van der Waals surface area contributed by atoms with E-state index in [0.29, 0.717) is 23.8 Å². The number of halogens is 1. The normalized spacial score (nSPS) is 20.8. The number of sulfone groups is 1. The summed E-state index contributed by atoms with van der Waals surface area (Å²) in [6.07, 6.45) is 4.16. The molecule has 2 aromatic carbocycles. The zero-order valence-electron chi connectivity index (χ0n) is 17.2. The van der Waals surface area contributed by atoms with Crippen molar-refractivity contribution in [2.24, 2.45) is 0 Å². The standard InChI is InChI=1S/C22H23ClN2O5S2/c23-18-5-4-6-19(15-18)25(20-11-14-31(27,28)16-20)22(26)17-7-9-21(10-8-17)32(29,30)24-12-2-1-3-13-24/h4-11,14-15,20H,1-3,12-13,16H2/t20-/m0/s1. The lowest BCUT2D eigenvalue weighted by atomic mass is 10.1. The minimum atomic E-state index is -3.61. The number of hydrogen-bond acceptors (Lipinski definition) is 5. The molecule has 1 saturated heterocycles. The first-order valence-corrected chi connectivity index (χ1v) is 13.8. The summed E-state index contributed by atoms with van der Waals surface area (Å²) in [5, 5.41) is 1.52. The molecular formula is C22H23ClN2O5S2. The fourth-order valence-corrected chi connectivity index (χ4v) is 6.94. The molecule has 0 aromatic heterocycles. The van der Waals surface area contributed by atoms with Gasteiger partial charge in [-0.1, -0.05) is 24.1 Å². The molecule has 0 saturated carbocycles. The summed E-state index contributed by atoms with van der Waals surface area (Å²) < 4.78 is 51.2. The van der Waals surface area contributed by atoms with Gasteiger partial charge in [0, 0.05) is 34.8 Å². The Hall–Kier alpha value is -2.20. The average molecular weight is 495 g/mol. The summed E-state index contributed by atoms with van der Waals surface area (Å²) in [7, 11) is -7.02. The Morgan fingerprint density at radius 3 is 2.31 bits per heavy atom. The van der Waals surface area contributed by atoms with Crippen molar-refractivity contribution in [2.75, 3.05) is 23.7 Å². The summed E-state index contributed by atoms with van der Waals surface area (Å²) in [5.41, 5.74) is 0.708. The first-order valence-electron chi connectivity index (χ1n) is 10.3. The molecule has 170 valence electrons. The lowest BCUT2D eigenvalue weighted by Crippen LogP contribution is -2.41. The number of benzene rings is 2. The van der Waals surface area contributed by atoms with Crippen molar-refractivity contribution >= 4 is 43.1 Å². The van der Waals surface area contributed by atoms with E-state index >= 15 is 0 Å². The topological polar surface area (TPSA) is 91.8 Å². The molecule has 0 radical (unpaired) electrons. The molecule has 0 unspecified atom stereocenters. The van der Waals surface area contributed by atoms with Crippen LogP contribution in [-0.2, 0) is 19.9 Å². The third-order valence-electron chi connectivity index (χ3n) is 5.60. The molecule has 2 heterocycles. The molecule has 2 aliphatic heterocycles. The highest BCUT2D eigenvalue weighted by atomic mass is 35.5. The number of sulfonamides is 1. The monoisotopic (exact) mass is 494 g/mol. The van der Waals surface area contributed by atoms with Crippen LogP contribution in [0.5, 0.6) is 0 Å². The molecule has 1 amide bonds. The second kappa shape index (κ2) is 8.97. The fraction of sp³-hybridized carbons (Fsp3) is 0.318. The van der Waals surface area contributed by atoms with Crippen molar-refractivity contribution in [2.45, 2.75) is 30.2 Å². The van der Waals surface area contributed by atoms with Crippen LogP contribution in [-0.4, -0.2) is 51.9 Å². The van der Waals surface area contributed by atoms with Crippen LogP contribution in [0.1, 0.15) is 29.6 Å². The fourth-order valence-electron chi connectivity index (χ4n) is 3.97. The zero-order chi connectivity index (χ0) is 22.9. The molecule has 0 spiro atoms. The van der Waals surface area contributed by atoms with E-state index in [1.807, 2.05) is 0 Å². The van der Waals surface area contributed by atoms with Gasteiger partial charge in [-0.25, -0.2) is 16.8 Å². The summed E-state index contributed by atoms with van der Waals surface area (Å²) in [4.78, 5) is 14.9. The molecule has 10 heteroatoms. The number of carbonyl (C=O) groups excluding carboxylic acids is 1. The number of nitrogens with zero attached hydrogens (tertiary/aromatic N) is 2. The lowest BCUT2D eigenvalue weighted by molar-refractivity contribution is 0.0983. The Kier molecular flexibility index (Phi) is 6.44. The van der Waals surface area contributed by atoms with Gasteiger partial charge in [-0.15, -0.1) is 0 Å². The molecule has 32 heavy (non-hydrogen) atoms. The maximum atomic E-state index is 13.4. The molecule has 0 aliphatic carbocycles. The molecule has 7 nitrogen and oxygen atoms in total. The summed E-state index contributed by atoms with van der Waals surface area (Å²) in [6, 6.07) is 11.7. The smallest absolute Gasteiger partial charge is 0.258 e. The number of hydrogen-bond donors (Lipinski definition) is 0. The minimum absolute atomic E-state index is 0.133. The minimum Gasteiger partial charge on any atom is -0.300 e. The number of carbonyl (C=O) groups is 1. The quantitative estimate of drug-likeness (QED) is 0.634. The summed E-state index contributed by atoms with van der Waals surface area (Å²) in [5.74, 6) is -0.673. The Morgan fingerprint density at radius 1 is 1.03 bits per heavy atom. The van der Waals surface area contributed by atoms with Gasteiger partial charge in [0.05, 0.1) is 16.7 Å². The van der Waals surface area contributed by atoms with E-state index in [0.717, 1.165) is 24.7 Å². The van der Waals surface area contributed by atoms with Crippen LogP contribution >= 0.6 is 11.6 Å². The van der Waals surface area contributed by atoms with E-state index in [-0.39, 0.29) is 16.2 Å². The summed E-state index contributed by atoms with van der Waals surface area (Å²) in [6.45, 7) is 0.988. The maximum Gasteiger partial charge on any atom is 0.258 e. The van der Waals surface area contributed by atoms with Crippen LogP contribution in [0.3, 0.4) is 0 Å². The van der Waals surface area contributed by atoms with Crippen LogP contribution < -0.4 is 4.90 Å². The Labute approximate surface area is 193 Å². The van der Waals surface area contributed by atoms with Gasteiger partial charge in [-0.3, -0.25) is 4.79 Å². The Bertz CT molecular complexity index is 1250. The Morgan fingerprint density at radius 2 is 1.72 bits per heavy atom. The third kappa shape index (κ3) is 4.76. The van der Waals surface area contributed by atoms with E-state index in [9.17, 15) is 21.6 Å². The van der Waals surface area contributed by atoms with Crippen LogP contribution in [0.4, 0.5) is 5.69 Å². The molecule has 4 rings (SSSR count). The highest BCUT2D eigenvalue weighted by molar-refractivity contribution is 7.94. The highest BCUT2D eigenvalue weighted by Gasteiger charge is 2.32. The van der Waals surface area contributed by atoms with Crippen LogP contribution in [0.2, 0.25) is 5.02 Å². The van der Waals surface area contributed by atoms with E-state index in [1.165, 1.54) is 39.5 Å². The van der Waals surface area contributed by atoms with Crippen LogP contribution in [0.25, 0.3) is 0 Å². The number of piperidine rings is 1. The maximum absolute atomic E-state index is 13.4. The van der Waals surface area contributed by atoms with Gasteiger partial charge in [-0.2, -0.15) is 4.31 Å². The molecule has 0 N–H and O–H groups in total. The summed E-state index contributed by atoms with van der Waals surface area (Å²) >= 11 is 6.10. The second-order valence-electron chi connectivity index (χ2n) is 7.87. The van der Waals surface area contributed by atoms with Gasteiger partial charge in [0.15, 0.2) is 9.84 Å². The predicted octanol–water partition coefficient (Wildman–Crippen LogP) is 3.47. The van der Waals surface area contributed by atoms with Crippen molar-refractivity contribution in [1.29, 1.82) is 0 Å². The van der Waals surface area contributed by atoms with Crippen molar-refractivity contribution < 1.29 is 21.6 Å². The number of rotatable bonds is 5. The van der Waals surface area contributed by atoms with Crippen LogP contribution in [0, 0.1) is 0 Å². The van der Waals surface area contributed by atoms with Gasteiger partial charge in [-0.05, 0) is 61.4 Å². The number of amides is 1. The van der Waals surface area contributed by atoms with Crippen molar-refractivity contribution in [1.82, 2.24) is 4.31 Å². The van der Waals surface area contributed by atoms with Gasteiger partial charge in [0.2, 0.25) is 10.0 Å². The molecule has 1 atom stereocenters. The first kappa shape index (κ1) is 23.0. The Balaban J connectivity index is 1.65. The largest absolute Gasteiger partial charge is 0.300 e. The van der Waals surface area contributed by atoms with Crippen molar-refractivity contribution in [3.05, 3.63) is 70.6 Å². The predicted molar refractivity (Wildman–Crippen MR) is 124 cm³/mol. The van der Waals surface area contributed by atoms with Gasteiger partial charge >= 0.3 is 0 Å². The van der Waals surface area contributed by atoms with Gasteiger partial charge in [0.1, 0.15) is 0 Å². The average Bonchev–Trinajstić information content (AvgIpc) is 3.13. The van der Waals surface area contributed by atoms with E-state index in [4.69, 9.17) is 11.6 Å². The molecule has 0 bridgehead atoms. The molecule has 1 fully saturated rings. The molecule has 2 aromatic rings. The SMILES string of the molecule is O=C(c1ccc(S(=O)(=O)N2CCCCC2)cc1)N(c1cccc(Cl)c1)[C@H]1C=CS(=O)(=O)C1. The van der Waals surface area contributed by atoms with Gasteiger partial charge in [0.25, 0.3) is 5.91 Å². The van der Waals surface area contributed by atoms with Crippen molar-refractivity contribution in [3.63, 3.8) is 0 Å². The first-order chi connectivity index (χ1) is 15.2. The van der Waals surface area contributed by atoms with Gasteiger partial charge < -0.3 is 4.90 Å².